The topological polar surface area (TPSA) is 63.7 Å². The Labute approximate surface area is 153 Å². The van der Waals surface area contributed by atoms with Crippen LogP contribution in [0.4, 0.5) is 5.82 Å². The van der Waals surface area contributed by atoms with Crippen molar-refractivity contribution in [3.8, 4) is 11.5 Å². The Kier molecular flexibility index (Phi) is 5.41. The molecular weight excluding hydrogens is 330 g/mol. The first-order chi connectivity index (χ1) is 12.7. The number of nitrogens with zero attached hydrogens (tertiary/aromatic N) is 2. The highest BCUT2D eigenvalue weighted by Gasteiger charge is 2.24. The molecule has 0 saturated heterocycles. The molecule has 1 aromatic carbocycles. The van der Waals surface area contributed by atoms with Crippen LogP contribution in [0.1, 0.15) is 21.5 Å². The normalized spacial score (nSPS) is 12.9. The van der Waals surface area contributed by atoms with Crippen LogP contribution in [0.25, 0.3) is 0 Å². The van der Waals surface area contributed by atoms with Gasteiger partial charge < -0.3 is 19.7 Å². The molecule has 6 heteroatoms. The van der Waals surface area contributed by atoms with Gasteiger partial charge in [0.05, 0.1) is 14.2 Å². The van der Waals surface area contributed by atoms with Gasteiger partial charge in [-0.05, 0) is 41.8 Å². The number of rotatable bonds is 6. The summed E-state index contributed by atoms with van der Waals surface area (Å²) in [6.07, 6.45) is 4.18. The molecule has 0 aliphatic carbocycles. The number of carbonyl (C=O) groups is 1. The first-order valence-electron chi connectivity index (χ1n) is 8.50. The van der Waals surface area contributed by atoms with Crippen molar-refractivity contribution in [2.24, 2.45) is 0 Å². The van der Waals surface area contributed by atoms with Crippen LogP contribution >= 0.6 is 0 Å². The number of fused-ring (bicyclic) bond motifs is 1. The Morgan fingerprint density at radius 2 is 2.00 bits per heavy atom. The second kappa shape index (κ2) is 7.91. The fourth-order valence-corrected chi connectivity index (χ4v) is 3.08. The number of aromatic nitrogens is 1. The lowest BCUT2D eigenvalue weighted by molar-refractivity contribution is 0.0734. The van der Waals surface area contributed by atoms with Crippen LogP contribution in [0, 0.1) is 0 Å². The van der Waals surface area contributed by atoms with Crippen molar-refractivity contribution in [2.45, 2.75) is 13.0 Å². The van der Waals surface area contributed by atoms with Gasteiger partial charge in [-0.15, -0.1) is 6.58 Å². The Bertz CT molecular complexity index is 820. The Hall–Kier alpha value is -3.02. The Morgan fingerprint density at radius 1 is 1.27 bits per heavy atom. The van der Waals surface area contributed by atoms with Gasteiger partial charge in [0, 0.05) is 31.4 Å². The molecule has 1 N–H and O–H groups in total. The maximum absolute atomic E-state index is 12.9. The molecule has 1 aromatic heterocycles. The van der Waals surface area contributed by atoms with Crippen LogP contribution in [0.2, 0.25) is 0 Å². The van der Waals surface area contributed by atoms with Gasteiger partial charge in [0.2, 0.25) is 0 Å². The maximum Gasteiger partial charge on any atom is 0.254 e. The molecule has 136 valence electrons. The molecule has 26 heavy (non-hydrogen) atoms. The zero-order chi connectivity index (χ0) is 18.5. The highest BCUT2D eigenvalue weighted by Crippen LogP contribution is 2.33. The minimum Gasteiger partial charge on any atom is -0.493 e. The molecule has 0 atom stereocenters. The molecular formula is C20H23N3O3. The summed E-state index contributed by atoms with van der Waals surface area (Å²) < 4.78 is 10.7. The second-order valence-electron chi connectivity index (χ2n) is 6.05. The number of carbonyl (C=O) groups excluding carboxylic acids is 1. The third-order valence-electron chi connectivity index (χ3n) is 4.44. The number of methoxy groups -OCH3 is 2. The fourth-order valence-electron chi connectivity index (χ4n) is 3.08. The van der Waals surface area contributed by atoms with Crippen molar-refractivity contribution in [2.75, 3.05) is 32.6 Å². The fraction of sp³-hybridized carbons (Fsp3) is 0.300. The third-order valence-corrected chi connectivity index (χ3v) is 4.44. The molecule has 1 aliphatic rings. The van der Waals surface area contributed by atoms with Gasteiger partial charge in [-0.1, -0.05) is 6.08 Å². The quantitative estimate of drug-likeness (QED) is 0.809. The summed E-state index contributed by atoms with van der Waals surface area (Å²) in [6, 6.07) is 7.47. The molecule has 0 bridgehead atoms. The van der Waals surface area contributed by atoms with Crippen LogP contribution in [0.5, 0.6) is 11.5 Å². The summed E-state index contributed by atoms with van der Waals surface area (Å²) >= 11 is 0. The van der Waals surface area contributed by atoms with E-state index in [2.05, 4.69) is 16.9 Å². The molecule has 0 radical (unpaired) electrons. The summed E-state index contributed by atoms with van der Waals surface area (Å²) in [5.74, 6) is 2.06. The van der Waals surface area contributed by atoms with E-state index in [4.69, 9.17) is 9.47 Å². The molecule has 1 aliphatic heterocycles. The largest absolute Gasteiger partial charge is 0.493 e. The zero-order valence-electron chi connectivity index (χ0n) is 15.1. The molecule has 0 saturated carbocycles. The Morgan fingerprint density at radius 3 is 2.69 bits per heavy atom. The Balaban J connectivity index is 1.80. The second-order valence-corrected chi connectivity index (χ2v) is 6.05. The first kappa shape index (κ1) is 17.8. The van der Waals surface area contributed by atoms with Crippen LogP contribution in [-0.2, 0) is 13.0 Å². The number of amides is 1. The SMILES string of the molecule is C=CCNc1cc(C(=O)N2CCc3cc(OC)c(OC)cc3C2)ccn1. The van der Waals surface area contributed by atoms with E-state index in [0.29, 0.717) is 36.8 Å². The van der Waals surface area contributed by atoms with E-state index >= 15 is 0 Å². The van der Waals surface area contributed by atoms with E-state index in [-0.39, 0.29) is 5.91 Å². The summed E-state index contributed by atoms with van der Waals surface area (Å²) in [5, 5.41) is 3.11. The molecule has 2 heterocycles. The summed E-state index contributed by atoms with van der Waals surface area (Å²) in [4.78, 5) is 19.0. The number of ether oxygens (including phenoxy) is 2. The van der Waals surface area contributed by atoms with Crippen LogP contribution < -0.4 is 14.8 Å². The monoisotopic (exact) mass is 353 g/mol. The minimum atomic E-state index is -0.00510. The molecule has 6 nitrogen and oxygen atoms in total. The van der Waals surface area contributed by atoms with Gasteiger partial charge >= 0.3 is 0 Å². The van der Waals surface area contributed by atoms with Gasteiger partial charge in [-0.2, -0.15) is 0 Å². The third kappa shape index (κ3) is 3.64. The molecule has 1 amide bonds. The average molecular weight is 353 g/mol. The molecule has 0 fully saturated rings. The number of benzene rings is 1. The highest BCUT2D eigenvalue weighted by atomic mass is 16.5. The first-order valence-corrected chi connectivity index (χ1v) is 8.50. The van der Waals surface area contributed by atoms with Crippen LogP contribution in [-0.4, -0.2) is 43.1 Å². The van der Waals surface area contributed by atoms with Crippen molar-refractivity contribution in [1.29, 1.82) is 0 Å². The summed E-state index contributed by atoms with van der Waals surface area (Å²) in [5.41, 5.74) is 2.89. The van der Waals surface area contributed by atoms with E-state index < -0.39 is 0 Å². The van der Waals surface area contributed by atoms with Gasteiger partial charge in [-0.3, -0.25) is 4.79 Å². The number of anilines is 1. The van der Waals surface area contributed by atoms with Crippen molar-refractivity contribution in [3.05, 3.63) is 59.8 Å². The minimum absolute atomic E-state index is 0.00510. The van der Waals surface area contributed by atoms with Crippen LogP contribution in [0.3, 0.4) is 0 Å². The lowest BCUT2D eigenvalue weighted by Crippen LogP contribution is -2.36. The van der Waals surface area contributed by atoms with Gasteiger partial charge in [-0.25, -0.2) is 4.98 Å². The highest BCUT2D eigenvalue weighted by molar-refractivity contribution is 5.95. The van der Waals surface area contributed by atoms with Crippen molar-refractivity contribution < 1.29 is 14.3 Å². The maximum atomic E-state index is 12.9. The van der Waals surface area contributed by atoms with Crippen molar-refractivity contribution in [1.82, 2.24) is 9.88 Å². The van der Waals surface area contributed by atoms with E-state index in [0.717, 1.165) is 17.7 Å². The van der Waals surface area contributed by atoms with E-state index in [1.54, 1.807) is 38.6 Å². The predicted molar refractivity (Wildman–Crippen MR) is 101 cm³/mol. The lowest BCUT2D eigenvalue weighted by Gasteiger charge is -2.29. The van der Waals surface area contributed by atoms with Crippen LogP contribution in [0.15, 0.2) is 43.1 Å². The summed E-state index contributed by atoms with van der Waals surface area (Å²) in [7, 11) is 3.25. The van der Waals surface area contributed by atoms with Gasteiger partial charge in [0.1, 0.15) is 5.82 Å². The van der Waals surface area contributed by atoms with Crippen molar-refractivity contribution in [3.63, 3.8) is 0 Å². The van der Waals surface area contributed by atoms with E-state index in [1.807, 2.05) is 17.0 Å². The molecule has 3 rings (SSSR count). The van der Waals surface area contributed by atoms with Gasteiger partial charge in [0.15, 0.2) is 11.5 Å². The lowest BCUT2D eigenvalue weighted by atomic mass is 9.98. The number of pyridine rings is 1. The van der Waals surface area contributed by atoms with Crippen molar-refractivity contribution >= 4 is 11.7 Å². The molecule has 0 unspecified atom stereocenters. The predicted octanol–water partition coefficient (Wildman–Crippen LogP) is 2.90. The number of hydrogen-bond acceptors (Lipinski definition) is 5. The smallest absolute Gasteiger partial charge is 0.254 e. The standard InChI is InChI=1S/C20H23N3O3/c1-4-7-21-19-12-15(5-8-22-19)20(24)23-9-6-14-10-17(25-2)18(26-3)11-16(14)13-23/h4-5,8,10-12H,1,6-7,9,13H2,2-3H3,(H,21,22). The number of hydrogen-bond donors (Lipinski definition) is 1. The van der Waals surface area contributed by atoms with Gasteiger partial charge in [0.25, 0.3) is 5.91 Å². The average Bonchev–Trinajstić information content (AvgIpc) is 2.70. The zero-order valence-corrected chi connectivity index (χ0v) is 15.1. The summed E-state index contributed by atoms with van der Waals surface area (Å²) in [6.45, 7) is 5.48. The van der Waals surface area contributed by atoms with E-state index in [1.165, 1.54) is 5.56 Å². The van der Waals surface area contributed by atoms with E-state index in [9.17, 15) is 4.79 Å². The molecule has 2 aromatic rings. The molecule has 0 spiro atoms. The number of nitrogens with one attached hydrogen (secondary N) is 1.